The Bertz CT molecular complexity index is 1370. The second-order valence-corrected chi connectivity index (χ2v) is 9.00. The molecule has 3 heterocycles. The van der Waals surface area contributed by atoms with Gasteiger partial charge in [-0.15, -0.1) is 11.3 Å². The molecule has 1 N–H and O–H groups in total. The number of nitrogens with one attached hydrogen (secondary N) is 1. The summed E-state index contributed by atoms with van der Waals surface area (Å²) in [6.07, 6.45) is 6.55. The number of nitrogens with zero attached hydrogens (tertiary/aromatic N) is 4. The van der Waals surface area contributed by atoms with Crippen molar-refractivity contribution in [1.82, 2.24) is 14.1 Å². The predicted molar refractivity (Wildman–Crippen MR) is 130 cm³/mol. The first-order valence-electron chi connectivity index (χ1n) is 10.9. The van der Waals surface area contributed by atoms with E-state index in [2.05, 4.69) is 56.9 Å². The van der Waals surface area contributed by atoms with Gasteiger partial charge in [-0.25, -0.2) is 9.98 Å². The molecule has 2 aromatic carbocycles. The Morgan fingerprint density at radius 2 is 2.09 bits per heavy atom. The highest BCUT2D eigenvalue weighted by Crippen LogP contribution is 2.33. The standard InChI is InChI=1S/C25H25N5O2S/c1-17-4-5-18(2)20(12-17)28-25-30(10-3-9-29-11-8-26-16-29)22(15-33-25)19-6-7-23-21(13-19)27-24(31)14-32-23/h4-8,11-13,15-16H,3,9-10,14H2,1-2H3,(H,27,31). The maximum absolute atomic E-state index is 11.8. The molecule has 0 bridgehead atoms. The van der Waals surface area contributed by atoms with Gasteiger partial charge in [-0.1, -0.05) is 12.1 Å². The third kappa shape index (κ3) is 4.61. The van der Waals surface area contributed by atoms with Gasteiger partial charge < -0.3 is 19.2 Å². The van der Waals surface area contributed by atoms with Crippen LogP contribution in [-0.4, -0.2) is 26.6 Å². The van der Waals surface area contributed by atoms with Crippen LogP contribution in [0.2, 0.25) is 0 Å². The number of carbonyl (C=O) groups excluding carboxylic acids is 1. The zero-order chi connectivity index (χ0) is 22.8. The summed E-state index contributed by atoms with van der Waals surface area (Å²) >= 11 is 1.62. The minimum Gasteiger partial charge on any atom is -0.482 e. The van der Waals surface area contributed by atoms with Gasteiger partial charge in [0.05, 0.1) is 23.4 Å². The number of amides is 1. The fraction of sp³-hybridized carbons (Fsp3) is 0.240. The van der Waals surface area contributed by atoms with E-state index in [-0.39, 0.29) is 12.5 Å². The number of anilines is 1. The summed E-state index contributed by atoms with van der Waals surface area (Å²) in [4.78, 5) is 21.9. The first-order valence-corrected chi connectivity index (χ1v) is 11.8. The summed E-state index contributed by atoms with van der Waals surface area (Å²) < 4.78 is 9.87. The largest absolute Gasteiger partial charge is 0.482 e. The average molecular weight is 460 g/mol. The molecule has 0 fully saturated rings. The minimum absolute atomic E-state index is 0.0535. The van der Waals surface area contributed by atoms with E-state index in [9.17, 15) is 4.79 Å². The van der Waals surface area contributed by atoms with Crippen LogP contribution in [0.1, 0.15) is 17.5 Å². The van der Waals surface area contributed by atoms with Crippen molar-refractivity contribution in [3.8, 4) is 17.0 Å². The van der Waals surface area contributed by atoms with Crippen LogP contribution in [0.5, 0.6) is 5.75 Å². The lowest BCUT2D eigenvalue weighted by Gasteiger charge is -2.19. The summed E-state index contributed by atoms with van der Waals surface area (Å²) in [5.41, 5.74) is 6.10. The van der Waals surface area contributed by atoms with E-state index in [1.165, 1.54) is 5.56 Å². The number of fused-ring (bicyclic) bond motifs is 1. The molecule has 0 unspecified atom stereocenters. The van der Waals surface area contributed by atoms with Crippen LogP contribution in [0.25, 0.3) is 11.3 Å². The molecule has 1 aliphatic rings. The van der Waals surface area contributed by atoms with Crippen molar-refractivity contribution in [3.63, 3.8) is 0 Å². The Balaban J connectivity index is 1.54. The highest BCUT2D eigenvalue weighted by atomic mass is 32.1. The number of benzene rings is 2. The van der Waals surface area contributed by atoms with E-state index in [0.29, 0.717) is 11.4 Å². The second kappa shape index (κ2) is 9.07. The second-order valence-electron chi connectivity index (χ2n) is 8.16. The van der Waals surface area contributed by atoms with Crippen molar-refractivity contribution >= 4 is 28.6 Å². The van der Waals surface area contributed by atoms with Gasteiger partial charge in [0.15, 0.2) is 11.4 Å². The summed E-state index contributed by atoms with van der Waals surface area (Å²) in [6, 6.07) is 12.3. The molecule has 0 saturated heterocycles. The van der Waals surface area contributed by atoms with Crippen molar-refractivity contribution in [1.29, 1.82) is 0 Å². The maximum atomic E-state index is 11.8. The lowest BCUT2D eigenvalue weighted by Crippen LogP contribution is -2.25. The van der Waals surface area contributed by atoms with Gasteiger partial charge in [0.2, 0.25) is 0 Å². The molecule has 33 heavy (non-hydrogen) atoms. The zero-order valence-corrected chi connectivity index (χ0v) is 19.4. The van der Waals surface area contributed by atoms with Crippen LogP contribution in [0.3, 0.4) is 0 Å². The molecule has 0 saturated carbocycles. The van der Waals surface area contributed by atoms with Gasteiger partial charge >= 0.3 is 0 Å². The lowest BCUT2D eigenvalue weighted by molar-refractivity contribution is -0.118. The molecule has 5 rings (SSSR count). The molecule has 0 aliphatic carbocycles. The van der Waals surface area contributed by atoms with E-state index < -0.39 is 0 Å². The van der Waals surface area contributed by atoms with E-state index in [4.69, 9.17) is 9.73 Å². The van der Waals surface area contributed by atoms with Crippen LogP contribution in [-0.2, 0) is 17.9 Å². The third-order valence-electron chi connectivity index (χ3n) is 5.64. The molecule has 8 heteroatoms. The molecule has 168 valence electrons. The molecule has 2 aromatic heterocycles. The van der Waals surface area contributed by atoms with E-state index >= 15 is 0 Å². The van der Waals surface area contributed by atoms with Crippen LogP contribution in [0.15, 0.2) is 65.5 Å². The van der Waals surface area contributed by atoms with Crippen LogP contribution in [0, 0.1) is 13.8 Å². The number of hydrogen-bond acceptors (Lipinski definition) is 5. The van der Waals surface area contributed by atoms with Crippen molar-refractivity contribution in [2.45, 2.75) is 33.4 Å². The third-order valence-corrected chi connectivity index (χ3v) is 6.51. The number of rotatable bonds is 6. The lowest BCUT2D eigenvalue weighted by atomic mass is 10.1. The molecular weight excluding hydrogens is 434 g/mol. The predicted octanol–water partition coefficient (Wildman–Crippen LogP) is 4.68. The van der Waals surface area contributed by atoms with Gasteiger partial charge in [-0.2, -0.15) is 0 Å². The van der Waals surface area contributed by atoms with Crippen molar-refractivity contribution in [3.05, 3.63) is 76.4 Å². The molecule has 0 radical (unpaired) electrons. The smallest absolute Gasteiger partial charge is 0.262 e. The van der Waals surface area contributed by atoms with Gasteiger partial charge in [0.1, 0.15) is 5.75 Å². The quantitative estimate of drug-likeness (QED) is 0.455. The van der Waals surface area contributed by atoms with Crippen LogP contribution in [0.4, 0.5) is 11.4 Å². The fourth-order valence-electron chi connectivity index (χ4n) is 3.88. The van der Waals surface area contributed by atoms with E-state index in [1.807, 2.05) is 30.7 Å². The van der Waals surface area contributed by atoms with Crippen molar-refractivity contribution in [2.24, 2.45) is 4.99 Å². The number of thiazole rings is 1. The maximum Gasteiger partial charge on any atom is 0.262 e. The van der Waals surface area contributed by atoms with E-state index in [1.54, 1.807) is 17.5 Å². The summed E-state index contributed by atoms with van der Waals surface area (Å²) in [5, 5.41) is 5.04. The van der Waals surface area contributed by atoms with Crippen LogP contribution >= 0.6 is 11.3 Å². The SMILES string of the molecule is Cc1ccc(C)c(N=c2scc(-c3ccc4c(c3)NC(=O)CO4)n2CCCn2ccnc2)c1. The summed E-state index contributed by atoms with van der Waals surface area (Å²) in [7, 11) is 0. The highest BCUT2D eigenvalue weighted by Gasteiger charge is 2.18. The zero-order valence-electron chi connectivity index (χ0n) is 18.6. The topological polar surface area (TPSA) is 73.4 Å². The Morgan fingerprint density at radius 3 is 2.94 bits per heavy atom. The summed E-state index contributed by atoms with van der Waals surface area (Å²) in [5.74, 6) is 0.560. The van der Waals surface area contributed by atoms with Crippen molar-refractivity contribution in [2.75, 3.05) is 11.9 Å². The number of imidazole rings is 1. The fourth-order valence-corrected chi connectivity index (χ4v) is 4.83. The highest BCUT2D eigenvalue weighted by molar-refractivity contribution is 7.07. The Kier molecular flexibility index (Phi) is 5.83. The Morgan fingerprint density at radius 1 is 1.18 bits per heavy atom. The van der Waals surface area contributed by atoms with Gasteiger partial charge in [-0.3, -0.25) is 4.79 Å². The minimum atomic E-state index is -0.135. The number of aryl methyl sites for hydroxylation is 3. The molecule has 4 aromatic rings. The van der Waals surface area contributed by atoms with Gasteiger partial charge in [0, 0.05) is 36.4 Å². The summed E-state index contributed by atoms with van der Waals surface area (Å²) in [6.45, 7) is 5.90. The number of hydrogen-bond donors (Lipinski definition) is 1. The number of ether oxygens (including phenoxy) is 1. The molecule has 0 atom stereocenters. The average Bonchev–Trinajstić information content (AvgIpc) is 3.46. The van der Waals surface area contributed by atoms with Gasteiger partial charge in [0.25, 0.3) is 5.91 Å². The van der Waals surface area contributed by atoms with E-state index in [0.717, 1.165) is 46.8 Å². The first-order chi connectivity index (χ1) is 16.1. The number of carbonyl (C=O) groups is 1. The Hall–Kier alpha value is -3.65. The molecule has 1 amide bonds. The molecule has 0 spiro atoms. The van der Waals surface area contributed by atoms with Crippen LogP contribution < -0.4 is 14.9 Å². The number of aromatic nitrogens is 3. The first kappa shape index (κ1) is 21.2. The van der Waals surface area contributed by atoms with Crippen molar-refractivity contribution < 1.29 is 9.53 Å². The Labute approximate surface area is 196 Å². The monoisotopic (exact) mass is 459 g/mol. The normalized spacial score (nSPS) is 13.5. The van der Waals surface area contributed by atoms with Gasteiger partial charge in [-0.05, 0) is 55.7 Å². The molecular formula is C25H25N5O2S. The molecule has 1 aliphatic heterocycles. The molecule has 7 nitrogen and oxygen atoms in total.